The predicted octanol–water partition coefficient (Wildman–Crippen LogP) is 1.57. The van der Waals surface area contributed by atoms with Gasteiger partial charge in [0, 0.05) is 43.6 Å². The second-order valence-electron chi connectivity index (χ2n) is 7.12. The van der Waals surface area contributed by atoms with Crippen LogP contribution in [-0.2, 0) is 10.0 Å². The summed E-state index contributed by atoms with van der Waals surface area (Å²) in [6.45, 7) is 1.48. The van der Waals surface area contributed by atoms with Crippen molar-refractivity contribution in [3.05, 3.63) is 42.2 Å². The van der Waals surface area contributed by atoms with Crippen molar-refractivity contribution >= 4 is 15.9 Å². The molecular weight excluding hydrogens is 352 g/mol. The van der Waals surface area contributed by atoms with E-state index in [4.69, 9.17) is 0 Å². The number of benzene rings is 1. The lowest BCUT2D eigenvalue weighted by Crippen LogP contribution is -2.47. The number of carbonyl (C=O) groups is 1. The molecule has 8 heteroatoms. The van der Waals surface area contributed by atoms with E-state index in [1.807, 2.05) is 29.2 Å². The van der Waals surface area contributed by atoms with Crippen LogP contribution in [0.5, 0.6) is 0 Å². The monoisotopic (exact) mass is 374 g/mol. The van der Waals surface area contributed by atoms with Crippen LogP contribution in [0.15, 0.2) is 36.7 Å². The highest BCUT2D eigenvalue weighted by Gasteiger charge is 2.40. The highest BCUT2D eigenvalue weighted by Crippen LogP contribution is 2.31. The predicted molar refractivity (Wildman–Crippen MR) is 98.0 cm³/mol. The zero-order valence-corrected chi connectivity index (χ0v) is 15.4. The molecule has 5 rings (SSSR count). The van der Waals surface area contributed by atoms with E-state index in [1.54, 1.807) is 12.4 Å². The minimum atomic E-state index is -3.25. The molecule has 3 saturated heterocycles. The van der Waals surface area contributed by atoms with E-state index in [1.165, 1.54) is 10.6 Å². The molecule has 0 radical (unpaired) electrons. The van der Waals surface area contributed by atoms with E-state index in [-0.39, 0.29) is 17.9 Å². The fraction of sp³-hybridized carbons (Fsp3) is 0.444. The molecule has 4 heterocycles. The Morgan fingerprint density at radius 3 is 2.73 bits per heavy atom. The molecule has 0 aliphatic carbocycles. The van der Waals surface area contributed by atoms with Crippen LogP contribution in [0.1, 0.15) is 23.2 Å². The van der Waals surface area contributed by atoms with Gasteiger partial charge < -0.3 is 9.88 Å². The number of imidazole rings is 1. The number of nitrogens with zero attached hydrogens (tertiary/aromatic N) is 3. The van der Waals surface area contributed by atoms with E-state index in [2.05, 4.69) is 9.97 Å². The molecule has 2 atom stereocenters. The first kappa shape index (κ1) is 17.2. The Morgan fingerprint density at radius 2 is 2.00 bits per heavy atom. The molecule has 0 spiro atoms. The second kappa shape index (κ2) is 6.51. The Kier molecular flexibility index (Phi) is 4.32. The summed E-state index contributed by atoms with van der Waals surface area (Å²) in [5, 5.41) is 0. The van der Waals surface area contributed by atoms with Gasteiger partial charge in [0.15, 0.2) is 0 Å². The number of amides is 1. The summed E-state index contributed by atoms with van der Waals surface area (Å²) in [5.74, 6) is 0.789. The van der Waals surface area contributed by atoms with Gasteiger partial charge in [-0.1, -0.05) is 18.2 Å². The summed E-state index contributed by atoms with van der Waals surface area (Å²) >= 11 is 0. The number of nitrogens with one attached hydrogen (secondary N) is 1. The average molecular weight is 374 g/mol. The largest absolute Gasteiger partial charge is 0.345 e. The third kappa shape index (κ3) is 3.14. The summed E-state index contributed by atoms with van der Waals surface area (Å²) in [6, 6.07) is 7.34. The van der Waals surface area contributed by atoms with Crippen molar-refractivity contribution in [3.8, 4) is 11.4 Å². The zero-order valence-electron chi connectivity index (χ0n) is 14.6. The van der Waals surface area contributed by atoms with E-state index in [0.717, 1.165) is 18.4 Å². The molecule has 1 aromatic carbocycles. The molecule has 2 bridgehead atoms. The van der Waals surface area contributed by atoms with Gasteiger partial charge in [0.25, 0.3) is 5.91 Å². The molecule has 3 aliphatic rings. The van der Waals surface area contributed by atoms with Crippen LogP contribution in [0, 0.1) is 5.92 Å². The van der Waals surface area contributed by atoms with Crippen molar-refractivity contribution in [2.45, 2.75) is 18.9 Å². The van der Waals surface area contributed by atoms with Crippen LogP contribution < -0.4 is 0 Å². The van der Waals surface area contributed by atoms with Gasteiger partial charge in [0.2, 0.25) is 10.0 Å². The Labute approximate surface area is 153 Å². The number of carbonyl (C=O) groups excluding carboxylic acids is 1. The molecule has 3 fully saturated rings. The zero-order chi connectivity index (χ0) is 18.3. The molecule has 3 aliphatic heterocycles. The summed E-state index contributed by atoms with van der Waals surface area (Å²) in [6.07, 6.45) is 6.44. The molecule has 0 unspecified atom stereocenters. The Balaban J connectivity index is 1.66. The standard InChI is InChI=1S/C18H22N4O3S/c1-26(24,25)21-10-13-6-7-14(12-21)22(11-13)18(23)16-5-3-2-4-15(16)17-19-8-9-20-17/h2-5,8-9,13-14H,6-7,10-12H2,1H3,(H,19,20)/t13-,14+/m1/s1. The lowest BCUT2D eigenvalue weighted by molar-refractivity contribution is 0.0589. The van der Waals surface area contributed by atoms with Crippen molar-refractivity contribution in [1.29, 1.82) is 0 Å². The van der Waals surface area contributed by atoms with Crippen molar-refractivity contribution in [2.24, 2.45) is 5.92 Å². The van der Waals surface area contributed by atoms with Crippen LogP contribution in [0.25, 0.3) is 11.4 Å². The first-order chi connectivity index (χ1) is 12.4. The van der Waals surface area contributed by atoms with Gasteiger partial charge in [-0.3, -0.25) is 4.79 Å². The number of aromatic amines is 1. The average Bonchev–Trinajstić information content (AvgIpc) is 2.99. The Hall–Kier alpha value is -2.19. The van der Waals surface area contributed by atoms with E-state index >= 15 is 0 Å². The summed E-state index contributed by atoms with van der Waals surface area (Å²) in [5.41, 5.74) is 1.36. The number of fused-ring (bicyclic) bond motifs is 4. The molecule has 1 N–H and O–H groups in total. The number of aromatic nitrogens is 2. The first-order valence-electron chi connectivity index (χ1n) is 8.78. The van der Waals surface area contributed by atoms with E-state index in [0.29, 0.717) is 31.0 Å². The third-order valence-electron chi connectivity index (χ3n) is 5.32. The topological polar surface area (TPSA) is 86.4 Å². The van der Waals surface area contributed by atoms with E-state index in [9.17, 15) is 13.2 Å². The van der Waals surface area contributed by atoms with Gasteiger partial charge >= 0.3 is 0 Å². The minimum Gasteiger partial charge on any atom is -0.345 e. The van der Waals surface area contributed by atoms with Gasteiger partial charge in [-0.05, 0) is 24.8 Å². The fourth-order valence-corrected chi connectivity index (χ4v) is 4.93. The molecule has 1 amide bonds. The second-order valence-corrected chi connectivity index (χ2v) is 9.10. The van der Waals surface area contributed by atoms with Crippen molar-refractivity contribution in [1.82, 2.24) is 19.2 Å². The van der Waals surface area contributed by atoms with Crippen molar-refractivity contribution < 1.29 is 13.2 Å². The SMILES string of the molecule is CS(=O)(=O)N1C[C@H]2CC[C@@H](C1)N(C(=O)c1ccccc1-c1ncc[nH]1)C2. The highest BCUT2D eigenvalue weighted by atomic mass is 32.2. The lowest BCUT2D eigenvalue weighted by atomic mass is 9.93. The normalized spacial score (nSPS) is 23.8. The number of H-pyrrole nitrogens is 1. The number of piperidine rings is 1. The lowest BCUT2D eigenvalue weighted by Gasteiger charge is -2.36. The number of hydrogen-bond donors (Lipinski definition) is 1. The minimum absolute atomic E-state index is 0.0537. The number of sulfonamides is 1. The Morgan fingerprint density at radius 1 is 1.19 bits per heavy atom. The van der Waals surface area contributed by atoms with Crippen LogP contribution in [0.4, 0.5) is 0 Å². The van der Waals surface area contributed by atoms with Crippen LogP contribution in [0.3, 0.4) is 0 Å². The van der Waals surface area contributed by atoms with Gasteiger partial charge in [0.05, 0.1) is 11.8 Å². The summed E-state index contributed by atoms with van der Waals surface area (Å²) in [7, 11) is -3.25. The van der Waals surface area contributed by atoms with Crippen LogP contribution in [0.2, 0.25) is 0 Å². The molecule has 7 nitrogen and oxygen atoms in total. The highest BCUT2D eigenvalue weighted by molar-refractivity contribution is 7.88. The Bertz CT molecular complexity index is 910. The summed E-state index contributed by atoms with van der Waals surface area (Å²) in [4.78, 5) is 22.5. The molecule has 0 saturated carbocycles. The molecule has 138 valence electrons. The van der Waals surface area contributed by atoms with E-state index < -0.39 is 10.0 Å². The maximum absolute atomic E-state index is 13.3. The van der Waals surface area contributed by atoms with Gasteiger partial charge in [-0.2, -0.15) is 4.31 Å². The first-order valence-corrected chi connectivity index (χ1v) is 10.6. The van der Waals surface area contributed by atoms with Crippen molar-refractivity contribution in [2.75, 3.05) is 25.9 Å². The molecule has 2 aromatic rings. The summed E-state index contributed by atoms with van der Waals surface area (Å²) < 4.78 is 25.6. The van der Waals surface area contributed by atoms with Gasteiger partial charge in [-0.25, -0.2) is 13.4 Å². The maximum atomic E-state index is 13.3. The maximum Gasteiger partial charge on any atom is 0.254 e. The van der Waals surface area contributed by atoms with Crippen LogP contribution >= 0.6 is 0 Å². The molecule has 1 aromatic heterocycles. The molecular formula is C18H22N4O3S. The van der Waals surface area contributed by atoms with Gasteiger partial charge in [-0.15, -0.1) is 0 Å². The molecule has 26 heavy (non-hydrogen) atoms. The third-order valence-corrected chi connectivity index (χ3v) is 6.56. The van der Waals surface area contributed by atoms with Crippen molar-refractivity contribution in [3.63, 3.8) is 0 Å². The smallest absolute Gasteiger partial charge is 0.254 e. The quantitative estimate of drug-likeness (QED) is 0.884. The fourth-order valence-electron chi connectivity index (χ4n) is 4.00. The number of rotatable bonds is 3. The van der Waals surface area contributed by atoms with Gasteiger partial charge in [0.1, 0.15) is 5.82 Å². The number of hydrogen-bond acceptors (Lipinski definition) is 4. The van der Waals surface area contributed by atoms with Crippen LogP contribution in [-0.4, -0.2) is 65.4 Å².